The number of carbonyl (C=O) groups excluding carboxylic acids is 1. The highest BCUT2D eigenvalue weighted by atomic mass is 16.5. The lowest BCUT2D eigenvalue weighted by molar-refractivity contribution is -0.137. The fourth-order valence-corrected chi connectivity index (χ4v) is 2.02. The Bertz CT molecular complexity index is 519. The predicted molar refractivity (Wildman–Crippen MR) is 77.5 cm³/mol. The molecule has 0 fully saturated rings. The molecule has 116 valence electrons. The summed E-state index contributed by atoms with van der Waals surface area (Å²) in [5, 5.41) is 8.88. The molecule has 0 radical (unpaired) electrons. The van der Waals surface area contributed by atoms with Crippen LogP contribution in [-0.4, -0.2) is 46.2 Å². The van der Waals surface area contributed by atoms with Gasteiger partial charge in [0, 0.05) is 18.8 Å². The van der Waals surface area contributed by atoms with E-state index in [-0.39, 0.29) is 19.1 Å². The van der Waals surface area contributed by atoms with E-state index in [0.717, 1.165) is 0 Å². The molecule has 0 aliphatic rings. The van der Waals surface area contributed by atoms with Crippen LogP contribution in [-0.2, 0) is 9.53 Å². The first-order chi connectivity index (χ1) is 9.90. The van der Waals surface area contributed by atoms with Crippen LogP contribution in [0, 0.1) is 6.92 Å². The van der Waals surface area contributed by atoms with E-state index in [1.807, 2.05) is 6.92 Å². The van der Waals surface area contributed by atoms with Gasteiger partial charge in [-0.3, -0.25) is 4.79 Å². The summed E-state index contributed by atoms with van der Waals surface area (Å²) in [4.78, 5) is 32.8. The first kappa shape index (κ1) is 16.9. The second-order valence-corrected chi connectivity index (χ2v) is 4.62. The van der Waals surface area contributed by atoms with E-state index in [2.05, 4.69) is 9.97 Å². The van der Waals surface area contributed by atoms with Gasteiger partial charge in [-0.15, -0.1) is 0 Å². The molecule has 0 amide bonds. The quantitative estimate of drug-likeness (QED) is 0.764. The Kier molecular flexibility index (Phi) is 6.08. The average Bonchev–Trinajstić information content (AvgIpc) is 2.38. The second-order valence-electron chi connectivity index (χ2n) is 4.62. The molecule has 1 atom stereocenters. The third kappa shape index (κ3) is 4.40. The van der Waals surface area contributed by atoms with Gasteiger partial charge in [-0.25, -0.2) is 14.8 Å². The number of carboxylic acid groups (broad SMARTS) is 1. The zero-order valence-corrected chi connectivity index (χ0v) is 12.8. The minimum Gasteiger partial charge on any atom is -0.481 e. The molecular formula is C14H21N3O4. The lowest BCUT2D eigenvalue weighted by Crippen LogP contribution is -2.36. The number of aliphatic carboxylic acids is 1. The lowest BCUT2D eigenvalue weighted by atomic mass is 10.2. The van der Waals surface area contributed by atoms with Gasteiger partial charge in [-0.2, -0.15) is 0 Å². The minimum atomic E-state index is -0.874. The fraction of sp³-hybridized carbons (Fsp3) is 0.571. The topological polar surface area (TPSA) is 92.6 Å². The van der Waals surface area contributed by atoms with Crippen molar-refractivity contribution >= 4 is 17.9 Å². The number of ether oxygens (including phenoxy) is 1. The van der Waals surface area contributed by atoms with Gasteiger partial charge in [0.05, 0.1) is 24.3 Å². The maximum atomic E-state index is 11.7. The molecule has 1 N–H and O–H groups in total. The number of aromatic nitrogens is 2. The highest BCUT2D eigenvalue weighted by Gasteiger charge is 2.20. The van der Waals surface area contributed by atoms with Crippen LogP contribution in [0.3, 0.4) is 0 Å². The van der Waals surface area contributed by atoms with E-state index in [1.54, 1.807) is 25.7 Å². The van der Waals surface area contributed by atoms with Crippen molar-refractivity contribution in [2.24, 2.45) is 0 Å². The van der Waals surface area contributed by atoms with Gasteiger partial charge in [0.2, 0.25) is 5.95 Å². The average molecular weight is 295 g/mol. The zero-order chi connectivity index (χ0) is 16.0. The monoisotopic (exact) mass is 295 g/mol. The van der Waals surface area contributed by atoms with Crippen LogP contribution in [0.15, 0.2) is 6.20 Å². The fourth-order valence-electron chi connectivity index (χ4n) is 2.02. The van der Waals surface area contributed by atoms with Gasteiger partial charge in [0.15, 0.2) is 0 Å². The number of hydrogen-bond donors (Lipinski definition) is 1. The van der Waals surface area contributed by atoms with Crippen molar-refractivity contribution in [3.63, 3.8) is 0 Å². The maximum Gasteiger partial charge on any atom is 0.341 e. The number of hydrogen-bond acceptors (Lipinski definition) is 6. The van der Waals surface area contributed by atoms with E-state index in [0.29, 0.717) is 23.8 Å². The molecule has 1 aromatic heterocycles. The molecule has 0 aliphatic carbocycles. The summed E-state index contributed by atoms with van der Waals surface area (Å²) >= 11 is 0. The van der Waals surface area contributed by atoms with Crippen molar-refractivity contribution < 1.29 is 19.4 Å². The largest absolute Gasteiger partial charge is 0.481 e. The molecule has 0 bridgehead atoms. The summed E-state index contributed by atoms with van der Waals surface area (Å²) in [5.41, 5.74) is 0.835. The third-order valence-corrected chi connectivity index (χ3v) is 3.06. The molecular weight excluding hydrogens is 274 g/mol. The Labute approximate surface area is 124 Å². The molecule has 0 saturated heterocycles. The summed E-state index contributed by atoms with van der Waals surface area (Å²) in [5.74, 6) is -0.916. The summed E-state index contributed by atoms with van der Waals surface area (Å²) < 4.78 is 4.93. The Morgan fingerprint density at radius 1 is 1.43 bits per heavy atom. The van der Waals surface area contributed by atoms with Crippen LogP contribution >= 0.6 is 0 Å². The molecule has 1 unspecified atom stereocenters. The van der Waals surface area contributed by atoms with Crippen molar-refractivity contribution in [1.29, 1.82) is 0 Å². The van der Waals surface area contributed by atoms with Crippen molar-refractivity contribution in [3.05, 3.63) is 17.5 Å². The molecule has 1 aromatic rings. The first-order valence-corrected chi connectivity index (χ1v) is 6.89. The van der Waals surface area contributed by atoms with Crippen LogP contribution < -0.4 is 4.90 Å². The highest BCUT2D eigenvalue weighted by Crippen LogP contribution is 2.16. The van der Waals surface area contributed by atoms with Crippen LogP contribution in [0.5, 0.6) is 0 Å². The minimum absolute atomic E-state index is 0.00409. The van der Waals surface area contributed by atoms with E-state index in [1.165, 1.54) is 6.20 Å². The van der Waals surface area contributed by atoms with Crippen molar-refractivity contribution in [3.8, 4) is 0 Å². The number of rotatable bonds is 7. The lowest BCUT2D eigenvalue weighted by Gasteiger charge is -2.27. The summed E-state index contributed by atoms with van der Waals surface area (Å²) in [6.07, 6.45) is 1.42. The van der Waals surface area contributed by atoms with E-state index in [4.69, 9.17) is 9.84 Å². The number of carbonyl (C=O) groups is 2. The molecule has 21 heavy (non-hydrogen) atoms. The van der Waals surface area contributed by atoms with Crippen molar-refractivity contribution in [2.45, 2.75) is 40.2 Å². The summed E-state index contributed by atoms with van der Waals surface area (Å²) in [6, 6.07) is -0.236. The summed E-state index contributed by atoms with van der Waals surface area (Å²) in [7, 11) is 0. The Balaban J connectivity index is 3.00. The Morgan fingerprint density at radius 2 is 2.10 bits per heavy atom. The molecule has 7 heteroatoms. The van der Waals surface area contributed by atoms with Gasteiger partial charge in [0.1, 0.15) is 0 Å². The highest BCUT2D eigenvalue weighted by molar-refractivity contribution is 5.90. The maximum absolute atomic E-state index is 11.7. The smallest absolute Gasteiger partial charge is 0.341 e. The van der Waals surface area contributed by atoms with Gasteiger partial charge in [-0.05, 0) is 27.7 Å². The summed E-state index contributed by atoms with van der Waals surface area (Å²) in [6.45, 7) is 8.00. The molecule has 0 aliphatic heterocycles. The molecule has 7 nitrogen and oxygen atoms in total. The molecule has 0 spiro atoms. The van der Waals surface area contributed by atoms with E-state index in [9.17, 15) is 9.59 Å². The van der Waals surface area contributed by atoms with Gasteiger partial charge >= 0.3 is 11.9 Å². The Hall–Kier alpha value is -2.18. The number of esters is 1. The second kappa shape index (κ2) is 7.56. The van der Waals surface area contributed by atoms with Gasteiger partial charge < -0.3 is 14.7 Å². The SMILES string of the molecule is CCOC(=O)c1cnc(N(CC)C(C)CC(=O)O)nc1C. The zero-order valence-electron chi connectivity index (χ0n) is 12.8. The molecule has 0 aromatic carbocycles. The van der Waals surface area contributed by atoms with Crippen LogP contribution in [0.2, 0.25) is 0 Å². The molecule has 1 heterocycles. The van der Waals surface area contributed by atoms with Crippen LogP contribution in [0.1, 0.15) is 43.2 Å². The van der Waals surface area contributed by atoms with Gasteiger partial charge in [0.25, 0.3) is 0 Å². The number of nitrogens with zero attached hydrogens (tertiary/aromatic N) is 3. The van der Waals surface area contributed by atoms with Crippen LogP contribution in [0.25, 0.3) is 0 Å². The number of anilines is 1. The van der Waals surface area contributed by atoms with Crippen LogP contribution in [0.4, 0.5) is 5.95 Å². The third-order valence-electron chi connectivity index (χ3n) is 3.06. The Morgan fingerprint density at radius 3 is 2.57 bits per heavy atom. The van der Waals surface area contributed by atoms with Gasteiger partial charge in [-0.1, -0.05) is 0 Å². The predicted octanol–water partition coefficient (Wildman–Crippen LogP) is 1.65. The normalized spacial score (nSPS) is 11.8. The number of aryl methyl sites for hydroxylation is 1. The van der Waals surface area contributed by atoms with E-state index < -0.39 is 11.9 Å². The molecule has 1 rings (SSSR count). The molecule has 0 saturated carbocycles. The van der Waals surface area contributed by atoms with E-state index >= 15 is 0 Å². The first-order valence-electron chi connectivity index (χ1n) is 6.89. The van der Waals surface area contributed by atoms with Crippen molar-refractivity contribution in [1.82, 2.24) is 9.97 Å². The van der Waals surface area contributed by atoms with Crippen molar-refractivity contribution in [2.75, 3.05) is 18.1 Å². The number of carboxylic acids is 1. The standard InChI is InChI=1S/C14H21N3O4/c1-5-17(9(3)7-12(18)19)14-15-8-11(10(4)16-14)13(20)21-6-2/h8-9H,5-7H2,1-4H3,(H,18,19).